The van der Waals surface area contributed by atoms with Crippen molar-refractivity contribution in [3.8, 4) is 5.75 Å². The van der Waals surface area contributed by atoms with E-state index in [9.17, 15) is 4.79 Å². The molecule has 1 aromatic carbocycles. The second-order valence-corrected chi connectivity index (χ2v) is 4.69. The molecule has 0 radical (unpaired) electrons. The minimum absolute atomic E-state index is 0.264. The number of ether oxygens (including phenoxy) is 1. The molecule has 1 amide bonds. The zero-order valence-electron chi connectivity index (χ0n) is 10.6. The van der Waals surface area contributed by atoms with Gasteiger partial charge in [-0.3, -0.25) is 0 Å². The quantitative estimate of drug-likeness (QED) is 0.792. The van der Waals surface area contributed by atoms with Crippen molar-refractivity contribution in [3.63, 3.8) is 0 Å². The van der Waals surface area contributed by atoms with Crippen LogP contribution in [0, 0.1) is 0 Å². The topological polar surface area (TPSA) is 29.5 Å². The summed E-state index contributed by atoms with van der Waals surface area (Å²) in [5.41, 5.74) is 0. The standard InChI is InChI=1S/C13H17Cl2NO2/c1-3-8-16(9-4-2)13(17)18-11-7-5-6-10(14)12(11)15/h5-7H,3-4,8-9H2,1-2H3. The lowest BCUT2D eigenvalue weighted by Gasteiger charge is -2.20. The smallest absolute Gasteiger partial charge is 0.409 e. The molecule has 1 rings (SSSR count). The predicted molar refractivity (Wildman–Crippen MR) is 74.6 cm³/mol. The molecule has 3 nitrogen and oxygen atoms in total. The highest BCUT2D eigenvalue weighted by atomic mass is 35.5. The molecular weight excluding hydrogens is 273 g/mol. The van der Waals surface area contributed by atoms with Crippen molar-refractivity contribution in [2.75, 3.05) is 13.1 Å². The van der Waals surface area contributed by atoms with Crippen LogP contribution < -0.4 is 4.74 Å². The lowest BCUT2D eigenvalue weighted by atomic mass is 10.3. The van der Waals surface area contributed by atoms with E-state index in [0.29, 0.717) is 23.9 Å². The number of benzene rings is 1. The Morgan fingerprint density at radius 3 is 2.39 bits per heavy atom. The van der Waals surface area contributed by atoms with Crippen molar-refractivity contribution in [3.05, 3.63) is 28.2 Å². The molecule has 0 saturated heterocycles. The first kappa shape index (κ1) is 15.1. The van der Waals surface area contributed by atoms with Gasteiger partial charge < -0.3 is 9.64 Å². The molecule has 0 bridgehead atoms. The van der Waals surface area contributed by atoms with Crippen LogP contribution in [0.2, 0.25) is 10.0 Å². The average molecular weight is 290 g/mol. The molecule has 0 unspecified atom stereocenters. The molecule has 100 valence electrons. The molecule has 0 spiro atoms. The molecule has 0 aliphatic rings. The van der Waals surface area contributed by atoms with Gasteiger partial charge in [0.15, 0.2) is 5.75 Å². The fourth-order valence-corrected chi connectivity index (χ4v) is 1.89. The van der Waals surface area contributed by atoms with E-state index >= 15 is 0 Å². The summed E-state index contributed by atoms with van der Waals surface area (Å²) in [6.07, 6.45) is 1.39. The maximum absolute atomic E-state index is 12.0. The number of nitrogens with zero attached hydrogens (tertiary/aromatic N) is 1. The van der Waals surface area contributed by atoms with Gasteiger partial charge in [0.2, 0.25) is 0 Å². The van der Waals surface area contributed by atoms with Crippen LogP contribution in [0.4, 0.5) is 4.79 Å². The van der Waals surface area contributed by atoms with Gasteiger partial charge in [0, 0.05) is 13.1 Å². The van der Waals surface area contributed by atoms with E-state index in [-0.39, 0.29) is 11.1 Å². The van der Waals surface area contributed by atoms with E-state index < -0.39 is 0 Å². The lowest BCUT2D eigenvalue weighted by Crippen LogP contribution is -2.34. The van der Waals surface area contributed by atoms with Crippen LogP contribution in [0.15, 0.2) is 18.2 Å². The molecule has 0 atom stereocenters. The monoisotopic (exact) mass is 289 g/mol. The minimum Gasteiger partial charge on any atom is -0.409 e. The fraction of sp³-hybridized carbons (Fsp3) is 0.462. The third-order valence-corrected chi connectivity index (χ3v) is 3.16. The van der Waals surface area contributed by atoms with Gasteiger partial charge in [0.25, 0.3) is 0 Å². The Morgan fingerprint density at radius 1 is 1.22 bits per heavy atom. The average Bonchev–Trinajstić information content (AvgIpc) is 2.34. The molecule has 0 N–H and O–H groups in total. The summed E-state index contributed by atoms with van der Waals surface area (Å²) in [5.74, 6) is 0.298. The van der Waals surface area contributed by atoms with Crippen molar-refractivity contribution in [1.82, 2.24) is 4.90 Å². The molecule has 1 aromatic rings. The van der Waals surface area contributed by atoms with Crippen LogP contribution in [0.5, 0.6) is 5.75 Å². The van der Waals surface area contributed by atoms with E-state index in [1.165, 1.54) is 0 Å². The van der Waals surface area contributed by atoms with E-state index in [1.807, 2.05) is 13.8 Å². The summed E-state index contributed by atoms with van der Waals surface area (Å²) >= 11 is 11.8. The van der Waals surface area contributed by atoms with Crippen molar-refractivity contribution >= 4 is 29.3 Å². The summed E-state index contributed by atoms with van der Waals surface area (Å²) in [4.78, 5) is 13.6. The van der Waals surface area contributed by atoms with Gasteiger partial charge in [-0.05, 0) is 25.0 Å². The summed E-state index contributed by atoms with van der Waals surface area (Å²) < 4.78 is 5.26. The largest absolute Gasteiger partial charge is 0.415 e. The van der Waals surface area contributed by atoms with Crippen LogP contribution in [0.1, 0.15) is 26.7 Å². The van der Waals surface area contributed by atoms with Gasteiger partial charge in [-0.2, -0.15) is 0 Å². The maximum atomic E-state index is 12.0. The molecule has 18 heavy (non-hydrogen) atoms. The van der Waals surface area contributed by atoms with Crippen molar-refractivity contribution in [2.45, 2.75) is 26.7 Å². The van der Waals surface area contributed by atoms with E-state index in [4.69, 9.17) is 27.9 Å². The van der Waals surface area contributed by atoms with E-state index in [0.717, 1.165) is 12.8 Å². The molecular formula is C13H17Cl2NO2. The molecule has 0 aromatic heterocycles. The van der Waals surface area contributed by atoms with Crippen LogP contribution >= 0.6 is 23.2 Å². The Bertz CT molecular complexity index is 404. The zero-order chi connectivity index (χ0) is 13.5. The Hall–Kier alpha value is -0.930. The summed E-state index contributed by atoms with van der Waals surface area (Å²) in [7, 11) is 0. The molecule has 5 heteroatoms. The number of carbonyl (C=O) groups is 1. The predicted octanol–water partition coefficient (Wildman–Crippen LogP) is 4.61. The van der Waals surface area contributed by atoms with Crippen molar-refractivity contribution in [2.24, 2.45) is 0 Å². The van der Waals surface area contributed by atoms with Crippen molar-refractivity contribution in [1.29, 1.82) is 0 Å². The minimum atomic E-state index is -0.386. The summed E-state index contributed by atoms with van der Waals surface area (Å²) in [6, 6.07) is 4.97. The van der Waals surface area contributed by atoms with Crippen LogP contribution in [-0.4, -0.2) is 24.1 Å². The van der Waals surface area contributed by atoms with Crippen LogP contribution in [0.3, 0.4) is 0 Å². The highest BCUT2D eigenvalue weighted by Gasteiger charge is 2.16. The maximum Gasteiger partial charge on any atom is 0.415 e. The lowest BCUT2D eigenvalue weighted by molar-refractivity contribution is 0.152. The molecule has 0 aliphatic carbocycles. The second-order valence-electron chi connectivity index (χ2n) is 3.91. The van der Waals surface area contributed by atoms with Gasteiger partial charge in [0.1, 0.15) is 5.02 Å². The zero-order valence-corrected chi connectivity index (χ0v) is 12.1. The van der Waals surface area contributed by atoms with Crippen LogP contribution in [0.25, 0.3) is 0 Å². The Labute approximate surface area is 118 Å². The van der Waals surface area contributed by atoms with Gasteiger partial charge in [0.05, 0.1) is 5.02 Å². The number of hydrogen-bond donors (Lipinski definition) is 0. The Balaban J connectivity index is 2.75. The number of amides is 1. The molecule has 0 heterocycles. The number of hydrogen-bond acceptors (Lipinski definition) is 2. The van der Waals surface area contributed by atoms with Crippen molar-refractivity contribution < 1.29 is 9.53 Å². The van der Waals surface area contributed by atoms with Gasteiger partial charge in [-0.1, -0.05) is 43.1 Å². The SMILES string of the molecule is CCCN(CCC)C(=O)Oc1cccc(Cl)c1Cl. The number of carbonyl (C=O) groups excluding carboxylic acids is 1. The third-order valence-electron chi connectivity index (χ3n) is 2.36. The number of halogens is 2. The normalized spacial score (nSPS) is 10.2. The van der Waals surface area contributed by atoms with Crippen LogP contribution in [-0.2, 0) is 0 Å². The van der Waals surface area contributed by atoms with Gasteiger partial charge in [-0.15, -0.1) is 0 Å². The first-order valence-electron chi connectivity index (χ1n) is 6.00. The van der Waals surface area contributed by atoms with E-state index in [1.54, 1.807) is 23.1 Å². The van der Waals surface area contributed by atoms with Gasteiger partial charge in [-0.25, -0.2) is 4.79 Å². The fourth-order valence-electron chi connectivity index (χ4n) is 1.56. The molecule has 0 saturated carbocycles. The third kappa shape index (κ3) is 4.07. The second kappa shape index (κ2) is 7.49. The Kier molecular flexibility index (Phi) is 6.30. The molecule has 0 aliphatic heterocycles. The highest BCUT2D eigenvalue weighted by Crippen LogP contribution is 2.31. The molecule has 0 fully saturated rings. The first-order chi connectivity index (χ1) is 8.60. The highest BCUT2D eigenvalue weighted by molar-refractivity contribution is 6.43. The van der Waals surface area contributed by atoms with E-state index in [2.05, 4.69) is 0 Å². The summed E-state index contributed by atoms with van der Waals surface area (Å²) in [6.45, 7) is 5.38. The first-order valence-corrected chi connectivity index (χ1v) is 6.76. The van der Waals surface area contributed by atoms with Gasteiger partial charge >= 0.3 is 6.09 Å². The number of rotatable bonds is 5. The summed E-state index contributed by atoms with van der Waals surface area (Å²) in [5, 5.41) is 0.639. The Morgan fingerprint density at radius 2 is 1.83 bits per heavy atom.